The molecule has 0 saturated heterocycles. The standard InChI is InChI=1S/C20H19BrN4O2/c1-12-7-8-17(9-13(12)2)25-20(27)18(14(3)24-25)11-22-23-19(26)15-5-4-6-16(21)10-15/h4-11,24H,1-3H3,(H,23,26)/b22-11-. The van der Waals surface area contributed by atoms with E-state index in [1.807, 2.05) is 38.1 Å². The molecule has 0 aliphatic rings. The van der Waals surface area contributed by atoms with E-state index < -0.39 is 0 Å². The largest absolute Gasteiger partial charge is 0.295 e. The van der Waals surface area contributed by atoms with Gasteiger partial charge in [0, 0.05) is 15.7 Å². The molecule has 0 fully saturated rings. The number of hydrazone groups is 1. The van der Waals surface area contributed by atoms with Gasteiger partial charge in [0.1, 0.15) is 0 Å². The summed E-state index contributed by atoms with van der Waals surface area (Å²) >= 11 is 3.32. The van der Waals surface area contributed by atoms with E-state index in [-0.39, 0.29) is 11.5 Å². The molecule has 0 aliphatic heterocycles. The lowest BCUT2D eigenvalue weighted by atomic mass is 10.1. The SMILES string of the molecule is Cc1ccc(-n2[nH]c(C)c(/C=N\NC(=O)c3cccc(Br)c3)c2=O)cc1C. The van der Waals surface area contributed by atoms with Crippen LogP contribution in [0.1, 0.15) is 32.7 Å². The number of aromatic nitrogens is 2. The molecule has 0 aliphatic carbocycles. The van der Waals surface area contributed by atoms with Crippen LogP contribution in [-0.2, 0) is 0 Å². The second-order valence-electron chi connectivity index (χ2n) is 6.27. The Morgan fingerprint density at radius 1 is 1.15 bits per heavy atom. The van der Waals surface area contributed by atoms with E-state index in [1.165, 1.54) is 10.9 Å². The monoisotopic (exact) mass is 426 g/mol. The van der Waals surface area contributed by atoms with Crippen LogP contribution in [0.5, 0.6) is 0 Å². The second kappa shape index (κ2) is 7.75. The minimum atomic E-state index is -0.352. The van der Waals surface area contributed by atoms with Crippen molar-refractivity contribution in [3.8, 4) is 5.69 Å². The first kappa shape index (κ1) is 18.8. The predicted octanol–water partition coefficient (Wildman–Crippen LogP) is 3.62. The maximum Gasteiger partial charge on any atom is 0.280 e. The van der Waals surface area contributed by atoms with Gasteiger partial charge < -0.3 is 0 Å². The number of aryl methyl sites for hydroxylation is 3. The van der Waals surface area contributed by atoms with Gasteiger partial charge in [-0.1, -0.05) is 28.1 Å². The topological polar surface area (TPSA) is 79.2 Å². The van der Waals surface area contributed by atoms with Crippen LogP contribution in [0, 0.1) is 20.8 Å². The van der Waals surface area contributed by atoms with E-state index >= 15 is 0 Å². The highest BCUT2D eigenvalue weighted by molar-refractivity contribution is 9.10. The highest BCUT2D eigenvalue weighted by atomic mass is 79.9. The van der Waals surface area contributed by atoms with Gasteiger partial charge in [-0.3, -0.25) is 14.7 Å². The maximum atomic E-state index is 12.7. The van der Waals surface area contributed by atoms with E-state index in [0.717, 1.165) is 21.3 Å². The molecular weight excluding hydrogens is 408 g/mol. The molecule has 0 bridgehead atoms. The van der Waals surface area contributed by atoms with Gasteiger partial charge in [-0.25, -0.2) is 10.1 Å². The number of halogens is 1. The molecule has 0 spiro atoms. The van der Waals surface area contributed by atoms with E-state index in [1.54, 1.807) is 25.1 Å². The van der Waals surface area contributed by atoms with Crippen molar-refractivity contribution in [1.82, 2.24) is 15.2 Å². The summed E-state index contributed by atoms with van der Waals surface area (Å²) in [5, 5.41) is 6.98. The van der Waals surface area contributed by atoms with E-state index in [2.05, 4.69) is 31.6 Å². The first-order valence-corrected chi connectivity index (χ1v) is 9.14. The van der Waals surface area contributed by atoms with Gasteiger partial charge in [-0.15, -0.1) is 0 Å². The average Bonchev–Trinajstić information content (AvgIpc) is 2.92. The molecular formula is C20H19BrN4O2. The Labute approximate surface area is 165 Å². The normalized spacial score (nSPS) is 11.1. The Hall–Kier alpha value is -2.93. The fraction of sp³-hybridized carbons (Fsp3) is 0.150. The van der Waals surface area contributed by atoms with Gasteiger partial charge in [0.15, 0.2) is 0 Å². The number of carbonyl (C=O) groups excluding carboxylic acids is 1. The number of hydrogen-bond acceptors (Lipinski definition) is 3. The number of rotatable bonds is 4. The lowest BCUT2D eigenvalue weighted by Gasteiger charge is -2.05. The molecule has 1 amide bonds. The Balaban J connectivity index is 1.82. The highest BCUT2D eigenvalue weighted by Gasteiger charge is 2.11. The summed E-state index contributed by atoms with van der Waals surface area (Å²) in [6, 6.07) is 12.8. The van der Waals surface area contributed by atoms with Crippen LogP contribution in [0.25, 0.3) is 5.69 Å². The molecule has 6 nitrogen and oxygen atoms in total. The van der Waals surface area contributed by atoms with Gasteiger partial charge in [0.2, 0.25) is 0 Å². The summed E-state index contributed by atoms with van der Waals surface area (Å²) < 4.78 is 2.27. The first-order valence-electron chi connectivity index (χ1n) is 8.35. The van der Waals surface area contributed by atoms with E-state index in [4.69, 9.17) is 0 Å². The van der Waals surface area contributed by atoms with Crippen molar-refractivity contribution in [1.29, 1.82) is 0 Å². The van der Waals surface area contributed by atoms with Crippen molar-refractivity contribution < 1.29 is 4.79 Å². The number of hydrogen-bond donors (Lipinski definition) is 2. The third kappa shape index (κ3) is 4.09. The molecule has 3 rings (SSSR count). The summed E-state index contributed by atoms with van der Waals surface area (Å²) in [5.41, 5.74) is 6.76. The van der Waals surface area contributed by atoms with Crippen molar-refractivity contribution in [3.05, 3.63) is 85.2 Å². The van der Waals surface area contributed by atoms with Crippen molar-refractivity contribution in [2.45, 2.75) is 20.8 Å². The lowest BCUT2D eigenvalue weighted by molar-refractivity contribution is 0.0955. The summed E-state index contributed by atoms with van der Waals surface area (Å²) in [6.45, 7) is 5.81. The Kier molecular flexibility index (Phi) is 5.41. The van der Waals surface area contributed by atoms with E-state index in [9.17, 15) is 9.59 Å². The number of H-pyrrole nitrogens is 1. The molecule has 1 heterocycles. The molecule has 0 saturated carbocycles. The molecule has 7 heteroatoms. The van der Waals surface area contributed by atoms with Crippen molar-refractivity contribution in [3.63, 3.8) is 0 Å². The lowest BCUT2D eigenvalue weighted by Crippen LogP contribution is -2.20. The molecule has 27 heavy (non-hydrogen) atoms. The maximum absolute atomic E-state index is 12.7. The van der Waals surface area contributed by atoms with Gasteiger partial charge in [-0.05, 0) is 62.2 Å². The van der Waals surface area contributed by atoms with Crippen LogP contribution in [0.15, 0.2) is 56.8 Å². The second-order valence-corrected chi connectivity index (χ2v) is 7.18. The summed E-state index contributed by atoms with van der Waals surface area (Å²) in [4.78, 5) is 24.8. The average molecular weight is 427 g/mol. The third-order valence-electron chi connectivity index (χ3n) is 4.31. The fourth-order valence-corrected chi connectivity index (χ4v) is 3.01. The van der Waals surface area contributed by atoms with E-state index in [0.29, 0.717) is 16.8 Å². The number of amides is 1. The van der Waals surface area contributed by atoms with Gasteiger partial charge in [0.05, 0.1) is 17.5 Å². The van der Waals surface area contributed by atoms with Crippen molar-refractivity contribution in [2.75, 3.05) is 0 Å². The zero-order valence-corrected chi connectivity index (χ0v) is 16.8. The van der Waals surface area contributed by atoms with Gasteiger partial charge in [0.25, 0.3) is 11.5 Å². The summed E-state index contributed by atoms with van der Waals surface area (Å²) in [5.74, 6) is -0.352. The number of benzene rings is 2. The molecule has 0 unspecified atom stereocenters. The van der Waals surface area contributed by atoms with Crippen LogP contribution in [0.2, 0.25) is 0 Å². The van der Waals surface area contributed by atoms with Gasteiger partial charge in [-0.2, -0.15) is 5.10 Å². The smallest absolute Gasteiger partial charge is 0.280 e. The highest BCUT2D eigenvalue weighted by Crippen LogP contribution is 2.13. The number of aromatic amines is 1. The molecule has 0 radical (unpaired) electrons. The predicted molar refractivity (Wildman–Crippen MR) is 110 cm³/mol. The summed E-state index contributed by atoms with van der Waals surface area (Å²) in [6.07, 6.45) is 1.36. The van der Waals surface area contributed by atoms with Crippen LogP contribution in [-0.4, -0.2) is 21.9 Å². The summed E-state index contributed by atoms with van der Waals surface area (Å²) in [7, 11) is 0. The number of nitrogens with zero attached hydrogens (tertiary/aromatic N) is 2. The quantitative estimate of drug-likeness (QED) is 0.493. The zero-order chi connectivity index (χ0) is 19.6. The minimum Gasteiger partial charge on any atom is -0.295 e. The van der Waals surface area contributed by atoms with Gasteiger partial charge >= 0.3 is 0 Å². The van der Waals surface area contributed by atoms with Crippen LogP contribution in [0.3, 0.4) is 0 Å². The first-order chi connectivity index (χ1) is 12.9. The number of nitrogens with one attached hydrogen (secondary N) is 2. The van der Waals surface area contributed by atoms with Crippen LogP contribution < -0.4 is 11.0 Å². The third-order valence-corrected chi connectivity index (χ3v) is 4.81. The van der Waals surface area contributed by atoms with Crippen molar-refractivity contribution >= 4 is 28.1 Å². The molecule has 1 aromatic heterocycles. The van der Waals surface area contributed by atoms with Crippen molar-refractivity contribution in [2.24, 2.45) is 5.10 Å². The Bertz CT molecular complexity index is 1100. The minimum absolute atomic E-state index is 0.226. The Morgan fingerprint density at radius 2 is 1.93 bits per heavy atom. The van der Waals surface area contributed by atoms with Crippen LogP contribution >= 0.6 is 15.9 Å². The Morgan fingerprint density at radius 3 is 2.63 bits per heavy atom. The molecule has 3 aromatic rings. The fourth-order valence-electron chi connectivity index (χ4n) is 2.61. The number of carbonyl (C=O) groups is 1. The molecule has 138 valence electrons. The molecule has 2 N–H and O–H groups in total. The molecule has 0 atom stereocenters. The zero-order valence-electron chi connectivity index (χ0n) is 15.2. The van der Waals surface area contributed by atoms with Crippen LogP contribution in [0.4, 0.5) is 0 Å². The molecule has 2 aromatic carbocycles.